The number of halogens is 1. The average Bonchev–Trinajstić information content (AvgIpc) is 2.52. The molecule has 0 bridgehead atoms. The van der Waals surface area contributed by atoms with Crippen LogP contribution in [0.3, 0.4) is 0 Å². The molecule has 104 valence electrons. The summed E-state index contributed by atoms with van der Waals surface area (Å²) in [7, 11) is 0. The standard InChI is InChI=1S/C19H16BrN/c1-14-9-11-15(12-10-14)19(18-8-4-5-13-21-18)16-6-2-3-7-17(16)20/h2-13,19H,1H3. The third-order valence-corrected chi connectivity index (χ3v) is 4.33. The minimum absolute atomic E-state index is 0.141. The lowest BCUT2D eigenvalue weighted by Crippen LogP contribution is -2.06. The van der Waals surface area contributed by atoms with Crippen LogP contribution in [0.25, 0.3) is 0 Å². The molecular weight excluding hydrogens is 322 g/mol. The minimum Gasteiger partial charge on any atom is -0.260 e. The normalized spacial score (nSPS) is 12.1. The Morgan fingerprint density at radius 1 is 0.857 bits per heavy atom. The van der Waals surface area contributed by atoms with Crippen molar-refractivity contribution in [3.63, 3.8) is 0 Å². The Morgan fingerprint density at radius 3 is 2.24 bits per heavy atom. The van der Waals surface area contributed by atoms with Gasteiger partial charge in [0.05, 0.1) is 11.6 Å². The monoisotopic (exact) mass is 337 g/mol. The Bertz CT molecular complexity index is 720. The molecule has 0 radical (unpaired) electrons. The second-order valence-electron chi connectivity index (χ2n) is 5.12. The van der Waals surface area contributed by atoms with E-state index < -0.39 is 0 Å². The summed E-state index contributed by atoms with van der Waals surface area (Å²) >= 11 is 3.68. The highest BCUT2D eigenvalue weighted by atomic mass is 79.9. The number of nitrogens with zero attached hydrogens (tertiary/aromatic N) is 1. The number of benzene rings is 2. The predicted molar refractivity (Wildman–Crippen MR) is 90.5 cm³/mol. The molecule has 1 nitrogen and oxygen atoms in total. The fourth-order valence-electron chi connectivity index (χ4n) is 2.52. The highest BCUT2D eigenvalue weighted by molar-refractivity contribution is 9.10. The number of rotatable bonds is 3. The zero-order valence-electron chi connectivity index (χ0n) is 11.8. The molecule has 0 spiro atoms. The van der Waals surface area contributed by atoms with Gasteiger partial charge in [0.15, 0.2) is 0 Å². The maximum Gasteiger partial charge on any atom is 0.0524 e. The molecule has 0 saturated carbocycles. The Hall–Kier alpha value is -1.93. The third-order valence-electron chi connectivity index (χ3n) is 3.61. The first-order valence-electron chi connectivity index (χ1n) is 6.97. The summed E-state index contributed by atoms with van der Waals surface area (Å²) in [6, 6.07) is 23.1. The smallest absolute Gasteiger partial charge is 0.0524 e. The zero-order valence-corrected chi connectivity index (χ0v) is 13.4. The van der Waals surface area contributed by atoms with E-state index in [1.54, 1.807) is 0 Å². The van der Waals surface area contributed by atoms with Gasteiger partial charge in [-0.2, -0.15) is 0 Å². The molecule has 21 heavy (non-hydrogen) atoms. The molecule has 0 N–H and O–H groups in total. The Balaban J connectivity index is 2.16. The molecule has 0 amide bonds. The number of aryl methyl sites for hydroxylation is 1. The zero-order chi connectivity index (χ0) is 14.7. The van der Waals surface area contributed by atoms with Gasteiger partial charge in [-0.05, 0) is 36.2 Å². The Labute approximate surface area is 133 Å². The van der Waals surface area contributed by atoms with E-state index in [-0.39, 0.29) is 5.92 Å². The van der Waals surface area contributed by atoms with Crippen molar-refractivity contribution in [1.82, 2.24) is 4.98 Å². The van der Waals surface area contributed by atoms with Crippen molar-refractivity contribution in [2.45, 2.75) is 12.8 Å². The molecule has 0 saturated heterocycles. The summed E-state index contributed by atoms with van der Waals surface area (Å²) in [6.07, 6.45) is 1.85. The fraction of sp³-hybridized carbons (Fsp3) is 0.105. The molecule has 1 heterocycles. The van der Waals surface area contributed by atoms with Gasteiger partial charge in [-0.1, -0.05) is 70.0 Å². The maximum absolute atomic E-state index is 4.57. The summed E-state index contributed by atoms with van der Waals surface area (Å²) in [5.41, 5.74) is 4.82. The van der Waals surface area contributed by atoms with Crippen LogP contribution in [-0.2, 0) is 0 Å². The van der Waals surface area contributed by atoms with Gasteiger partial charge < -0.3 is 0 Å². The molecule has 2 aromatic carbocycles. The average molecular weight is 338 g/mol. The Kier molecular flexibility index (Phi) is 4.16. The van der Waals surface area contributed by atoms with Crippen LogP contribution >= 0.6 is 15.9 Å². The third kappa shape index (κ3) is 3.06. The first-order chi connectivity index (χ1) is 10.3. The van der Waals surface area contributed by atoms with E-state index in [1.165, 1.54) is 16.7 Å². The van der Waals surface area contributed by atoms with Gasteiger partial charge in [-0.3, -0.25) is 4.98 Å². The predicted octanol–water partition coefficient (Wildman–Crippen LogP) is 5.33. The van der Waals surface area contributed by atoms with Gasteiger partial charge in [-0.15, -0.1) is 0 Å². The van der Waals surface area contributed by atoms with Crippen LogP contribution in [0.1, 0.15) is 28.3 Å². The van der Waals surface area contributed by atoms with Crippen LogP contribution in [0.5, 0.6) is 0 Å². The molecule has 1 unspecified atom stereocenters. The molecule has 2 heteroatoms. The van der Waals surface area contributed by atoms with E-state index in [1.807, 2.05) is 24.4 Å². The fourth-order valence-corrected chi connectivity index (χ4v) is 3.04. The molecule has 3 rings (SSSR count). The first-order valence-corrected chi connectivity index (χ1v) is 7.77. The summed E-state index contributed by atoms with van der Waals surface area (Å²) < 4.78 is 1.11. The van der Waals surface area contributed by atoms with Crippen molar-refractivity contribution >= 4 is 15.9 Å². The van der Waals surface area contributed by atoms with Crippen molar-refractivity contribution in [3.05, 3.63) is 99.8 Å². The second-order valence-corrected chi connectivity index (χ2v) is 5.97. The van der Waals surface area contributed by atoms with E-state index in [0.717, 1.165) is 10.2 Å². The van der Waals surface area contributed by atoms with E-state index in [0.29, 0.717) is 0 Å². The summed E-state index contributed by atoms with van der Waals surface area (Å²) in [6.45, 7) is 2.11. The second kappa shape index (κ2) is 6.23. The molecule has 0 fully saturated rings. The van der Waals surface area contributed by atoms with Crippen LogP contribution in [0, 0.1) is 6.92 Å². The van der Waals surface area contributed by atoms with Gasteiger partial charge in [0.1, 0.15) is 0 Å². The van der Waals surface area contributed by atoms with Gasteiger partial charge >= 0.3 is 0 Å². The van der Waals surface area contributed by atoms with Crippen molar-refractivity contribution in [1.29, 1.82) is 0 Å². The molecule has 3 aromatic rings. The van der Waals surface area contributed by atoms with E-state index in [4.69, 9.17) is 0 Å². The SMILES string of the molecule is Cc1ccc(C(c2ccccn2)c2ccccc2Br)cc1. The lowest BCUT2D eigenvalue weighted by molar-refractivity contribution is 0.912. The highest BCUT2D eigenvalue weighted by Crippen LogP contribution is 2.34. The van der Waals surface area contributed by atoms with Crippen LogP contribution in [-0.4, -0.2) is 4.98 Å². The van der Waals surface area contributed by atoms with Crippen LogP contribution in [0.2, 0.25) is 0 Å². The van der Waals surface area contributed by atoms with Gasteiger partial charge in [0.25, 0.3) is 0 Å². The topological polar surface area (TPSA) is 12.9 Å². The van der Waals surface area contributed by atoms with Crippen molar-refractivity contribution in [3.8, 4) is 0 Å². The lowest BCUT2D eigenvalue weighted by atomic mass is 9.88. The lowest BCUT2D eigenvalue weighted by Gasteiger charge is -2.19. The largest absolute Gasteiger partial charge is 0.260 e. The highest BCUT2D eigenvalue weighted by Gasteiger charge is 2.19. The number of hydrogen-bond acceptors (Lipinski definition) is 1. The maximum atomic E-state index is 4.57. The number of aromatic nitrogens is 1. The first kappa shape index (κ1) is 14.0. The van der Waals surface area contributed by atoms with Crippen LogP contribution in [0.4, 0.5) is 0 Å². The molecule has 0 aliphatic heterocycles. The Morgan fingerprint density at radius 2 is 1.57 bits per heavy atom. The minimum atomic E-state index is 0.141. The summed E-state index contributed by atoms with van der Waals surface area (Å²) in [5.74, 6) is 0.141. The number of hydrogen-bond donors (Lipinski definition) is 0. The van der Waals surface area contributed by atoms with Crippen LogP contribution < -0.4 is 0 Å². The van der Waals surface area contributed by atoms with E-state index in [2.05, 4.69) is 76.4 Å². The van der Waals surface area contributed by atoms with Crippen molar-refractivity contribution < 1.29 is 0 Å². The summed E-state index contributed by atoms with van der Waals surface area (Å²) in [4.78, 5) is 4.57. The van der Waals surface area contributed by atoms with Crippen molar-refractivity contribution in [2.75, 3.05) is 0 Å². The number of pyridine rings is 1. The van der Waals surface area contributed by atoms with Gasteiger partial charge in [-0.25, -0.2) is 0 Å². The molecule has 0 aliphatic carbocycles. The van der Waals surface area contributed by atoms with Crippen molar-refractivity contribution in [2.24, 2.45) is 0 Å². The van der Waals surface area contributed by atoms with Gasteiger partial charge in [0, 0.05) is 10.7 Å². The molecule has 0 aliphatic rings. The molecule has 1 aromatic heterocycles. The van der Waals surface area contributed by atoms with E-state index in [9.17, 15) is 0 Å². The van der Waals surface area contributed by atoms with Crippen LogP contribution in [0.15, 0.2) is 77.4 Å². The van der Waals surface area contributed by atoms with E-state index >= 15 is 0 Å². The molecule has 1 atom stereocenters. The summed E-state index contributed by atoms with van der Waals surface area (Å²) in [5, 5.41) is 0. The van der Waals surface area contributed by atoms with Gasteiger partial charge in [0.2, 0.25) is 0 Å². The quantitative estimate of drug-likeness (QED) is 0.629. The molecular formula is C19H16BrN.